The Balaban J connectivity index is 2.08. The fraction of sp³-hybridized carbons (Fsp3) is 0.824. The molecule has 1 amide bonds. The first kappa shape index (κ1) is 17.0. The molecular formula is C17H31N3O2. The van der Waals surface area contributed by atoms with Gasteiger partial charge in [0.1, 0.15) is 11.8 Å². The molecular weight excluding hydrogens is 278 g/mol. The van der Waals surface area contributed by atoms with Gasteiger partial charge in [0, 0.05) is 30.9 Å². The molecule has 2 heterocycles. The second kappa shape index (κ2) is 5.67. The standard InChI is InChI=1S/C17H31N3O2/c1-16(2,3)13-11-18-14(19(13)7)12-9-8-10-20(12)15(21)22-17(4,5)6/h11-12,14,18H,8-10H2,1-7H3/t12-,14?/m0/s1. The van der Waals surface area contributed by atoms with Gasteiger partial charge >= 0.3 is 6.09 Å². The first-order valence-electron chi connectivity index (χ1n) is 8.20. The highest BCUT2D eigenvalue weighted by atomic mass is 16.6. The van der Waals surface area contributed by atoms with Crippen LogP contribution in [0.15, 0.2) is 11.9 Å². The zero-order valence-corrected chi connectivity index (χ0v) is 15.1. The van der Waals surface area contributed by atoms with Crippen LogP contribution in [0, 0.1) is 5.41 Å². The second-order valence-electron chi connectivity index (χ2n) is 8.39. The molecule has 0 aromatic rings. The van der Waals surface area contributed by atoms with Crippen molar-refractivity contribution in [3.63, 3.8) is 0 Å². The predicted octanol–water partition coefficient (Wildman–Crippen LogP) is 3.13. The van der Waals surface area contributed by atoms with Gasteiger partial charge in [-0.15, -0.1) is 0 Å². The molecule has 1 N–H and O–H groups in total. The van der Waals surface area contributed by atoms with E-state index in [0.717, 1.165) is 19.4 Å². The second-order valence-corrected chi connectivity index (χ2v) is 8.39. The Morgan fingerprint density at radius 2 is 1.91 bits per heavy atom. The maximum Gasteiger partial charge on any atom is 0.410 e. The summed E-state index contributed by atoms with van der Waals surface area (Å²) in [5.74, 6) is 0. The number of ether oxygens (including phenoxy) is 1. The van der Waals surface area contributed by atoms with Gasteiger partial charge in [-0.05, 0) is 33.6 Å². The molecule has 0 bridgehead atoms. The first-order valence-corrected chi connectivity index (χ1v) is 8.20. The minimum Gasteiger partial charge on any atom is -0.444 e. The van der Waals surface area contributed by atoms with E-state index in [2.05, 4.69) is 44.2 Å². The quantitative estimate of drug-likeness (QED) is 0.808. The molecule has 2 rings (SSSR count). The smallest absolute Gasteiger partial charge is 0.410 e. The van der Waals surface area contributed by atoms with Crippen molar-refractivity contribution in [3.8, 4) is 0 Å². The van der Waals surface area contributed by atoms with Crippen molar-refractivity contribution in [1.29, 1.82) is 0 Å². The number of allylic oxidation sites excluding steroid dienone is 1. The Morgan fingerprint density at radius 1 is 1.27 bits per heavy atom. The van der Waals surface area contributed by atoms with Crippen LogP contribution in [0.4, 0.5) is 4.79 Å². The SMILES string of the molecule is CN1C(C(C)(C)C)=CNC1[C@@H]1CCCN1C(=O)OC(C)(C)C. The summed E-state index contributed by atoms with van der Waals surface area (Å²) < 4.78 is 5.56. The van der Waals surface area contributed by atoms with Gasteiger partial charge in [0.15, 0.2) is 0 Å². The molecule has 126 valence electrons. The van der Waals surface area contributed by atoms with E-state index in [1.54, 1.807) is 0 Å². The van der Waals surface area contributed by atoms with Crippen LogP contribution < -0.4 is 5.32 Å². The molecule has 1 unspecified atom stereocenters. The van der Waals surface area contributed by atoms with E-state index >= 15 is 0 Å². The zero-order chi connectivity index (χ0) is 16.7. The van der Waals surface area contributed by atoms with E-state index in [1.165, 1.54) is 5.70 Å². The van der Waals surface area contributed by atoms with Crippen LogP contribution in [0.3, 0.4) is 0 Å². The molecule has 0 aromatic carbocycles. The molecule has 5 nitrogen and oxygen atoms in total. The third-order valence-corrected chi connectivity index (χ3v) is 4.25. The minimum absolute atomic E-state index is 0.0891. The van der Waals surface area contributed by atoms with Crippen LogP contribution >= 0.6 is 0 Å². The van der Waals surface area contributed by atoms with Gasteiger partial charge in [-0.25, -0.2) is 4.79 Å². The summed E-state index contributed by atoms with van der Waals surface area (Å²) in [5, 5.41) is 3.47. The Hall–Kier alpha value is -1.39. The lowest BCUT2D eigenvalue weighted by Gasteiger charge is -2.38. The van der Waals surface area contributed by atoms with Gasteiger partial charge in [0.05, 0.1) is 6.04 Å². The number of carbonyl (C=O) groups excluding carboxylic acids is 1. The van der Waals surface area contributed by atoms with Crippen molar-refractivity contribution in [2.24, 2.45) is 5.41 Å². The van der Waals surface area contributed by atoms with Crippen molar-refractivity contribution in [1.82, 2.24) is 15.1 Å². The van der Waals surface area contributed by atoms with Gasteiger partial charge < -0.3 is 19.9 Å². The van der Waals surface area contributed by atoms with E-state index < -0.39 is 5.60 Å². The Kier molecular flexibility index (Phi) is 4.37. The van der Waals surface area contributed by atoms with E-state index in [9.17, 15) is 4.79 Å². The van der Waals surface area contributed by atoms with Crippen molar-refractivity contribution in [2.75, 3.05) is 13.6 Å². The molecule has 1 fully saturated rings. The molecule has 2 atom stereocenters. The molecule has 0 radical (unpaired) electrons. The average molecular weight is 309 g/mol. The number of hydrogen-bond acceptors (Lipinski definition) is 4. The topological polar surface area (TPSA) is 44.8 Å². The molecule has 22 heavy (non-hydrogen) atoms. The molecule has 0 aliphatic carbocycles. The number of likely N-dealkylation sites (tertiary alicyclic amines) is 1. The summed E-state index contributed by atoms with van der Waals surface area (Å²) in [7, 11) is 2.10. The Morgan fingerprint density at radius 3 is 2.41 bits per heavy atom. The molecule has 5 heteroatoms. The van der Waals surface area contributed by atoms with Crippen LogP contribution in [0.2, 0.25) is 0 Å². The highest BCUT2D eigenvalue weighted by molar-refractivity contribution is 5.69. The zero-order valence-electron chi connectivity index (χ0n) is 15.1. The number of rotatable bonds is 1. The Labute approximate surface area is 134 Å². The maximum atomic E-state index is 12.5. The molecule has 2 aliphatic rings. The van der Waals surface area contributed by atoms with Crippen LogP contribution in [0.1, 0.15) is 54.4 Å². The van der Waals surface area contributed by atoms with Gasteiger partial charge in [-0.2, -0.15) is 0 Å². The highest BCUT2D eigenvalue weighted by Crippen LogP contribution is 2.34. The van der Waals surface area contributed by atoms with E-state index in [1.807, 2.05) is 25.7 Å². The van der Waals surface area contributed by atoms with Gasteiger partial charge in [-0.1, -0.05) is 20.8 Å². The number of likely N-dealkylation sites (N-methyl/N-ethyl adjacent to an activating group) is 1. The van der Waals surface area contributed by atoms with E-state index in [0.29, 0.717) is 0 Å². The molecule has 2 aliphatic heterocycles. The Bertz CT molecular complexity index is 460. The number of amides is 1. The van der Waals surface area contributed by atoms with Crippen LogP contribution in [-0.4, -0.2) is 47.3 Å². The summed E-state index contributed by atoms with van der Waals surface area (Å²) >= 11 is 0. The fourth-order valence-corrected chi connectivity index (χ4v) is 3.31. The molecule has 1 saturated heterocycles. The minimum atomic E-state index is -0.450. The molecule has 0 aromatic heterocycles. The third kappa shape index (κ3) is 3.50. The summed E-state index contributed by atoms with van der Waals surface area (Å²) in [5.41, 5.74) is 0.911. The lowest BCUT2D eigenvalue weighted by Crippen LogP contribution is -2.53. The first-order chi connectivity index (χ1) is 10.0. The largest absolute Gasteiger partial charge is 0.444 e. The molecule has 0 saturated carbocycles. The predicted molar refractivity (Wildman–Crippen MR) is 88.2 cm³/mol. The monoisotopic (exact) mass is 309 g/mol. The van der Waals surface area contributed by atoms with E-state index in [-0.39, 0.29) is 23.7 Å². The normalized spacial score (nSPS) is 26.0. The van der Waals surface area contributed by atoms with Gasteiger partial charge in [-0.3, -0.25) is 0 Å². The van der Waals surface area contributed by atoms with Gasteiger partial charge in [0.25, 0.3) is 0 Å². The third-order valence-electron chi connectivity index (χ3n) is 4.25. The number of carbonyl (C=O) groups is 1. The van der Waals surface area contributed by atoms with Crippen LogP contribution in [-0.2, 0) is 4.74 Å². The fourth-order valence-electron chi connectivity index (χ4n) is 3.31. The summed E-state index contributed by atoms with van der Waals surface area (Å²) in [6.07, 6.45) is 4.06. The number of hydrogen-bond donors (Lipinski definition) is 1. The lowest BCUT2D eigenvalue weighted by molar-refractivity contribution is 0.0148. The van der Waals surface area contributed by atoms with Crippen molar-refractivity contribution in [3.05, 3.63) is 11.9 Å². The lowest BCUT2D eigenvalue weighted by atomic mass is 9.92. The van der Waals surface area contributed by atoms with Crippen molar-refractivity contribution < 1.29 is 9.53 Å². The van der Waals surface area contributed by atoms with Crippen molar-refractivity contribution >= 4 is 6.09 Å². The van der Waals surface area contributed by atoms with Crippen molar-refractivity contribution in [2.45, 2.75) is 72.2 Å². The number of nitrogens with one attached hydrogen (secondary N) is 1. The van der Waals surface area contributed by atoms with E-state index in [4.69, 9.17) is 4.74 Å². The summed E-state index contributed by atoms with van der Waals surface area (Å²) in [4.78, 5) is 16.6. The average Bonchev–Trinajstić information content (AvgIpc) is 2.90. The molecule has 0 spiro atoms. The summed E-state index contributed by atoms with van der Waals surface area (Å²) in [6, 6.07) is 0.149. The highest BCUT2D eigenvalue weighted by Gasteiger charge is 2.42. The van der Waals surface area contributed by atoms with Crippen LogP contribution in [0.25, 0.3) is 0 Å². The van der Waals surface area contributed by atoms with Crippen LogP contribution in [0.5, 0.6) is 0 Å². The summed E-state index contributed by atoms with van der Waals surface area (Å²) in [6.45, 7) is 13.1. The number of nitrogens with zero attached hydrogens (tertiary/aromatic N) is 2. The maximum absolute atomic E-state index is 12.5. The van der Waals surface area contributed by atoms with Gasteiger partial charge in [0.2, 0.25) is 0 Å².